The van der Waals surface area contributed by atoms with E-state index in [1.165, 1.54) is 18.2 Å². The van der Waals surface area contributed by atoms with Gasteiger partial charge < -0.3 is 21.8 Å². The largest absolute Gasteiger partial charge is 1.00 e. The Morgan fingerprint density at radius 1 is 0.640 bits per heavy atom. The molecule has 75 heavy (non-hydrogen) atoms. The summed E-state index contributed by atoms with van der Waals surface area (Å²) in [4.78, 5) is 10.3. The fourth-order valence-corrected chi connectivity index (χ4v) is 9.49. The quantitative estimate of drug-likeness (QED) is 0.0298. The van der Waals surface area contributed by atoms with Crippen molar-refractivity contribution in [2.45, 2.75) is 69.1 Å². The minimum absolute atomic E-state index is 0. The predicted octanol–water partition coefficient (Wildman–Crippen LogP) is 5.25. The summed E-state index contributed by atoms with van der Waals surface area (Å²) in [5.74, 6) is 0. The molecule has 3 N–H and O–H groups in total. The summed E-state index contributed by atoms with van der Waals surface area (Å²) in [6.07, 6.45) is -20.9. The molecule has 0 amide bonds. The van der Waals surface area contributed by atoms with E-state index in [1.54, 1.807) is 0 Å². The number of aliphatic hydroxyl groups is 2. The smallest absolute Gasteiger partial charge is 1.00 e. The number of nitrogens with zero attached hydrogens (tertiary/aromatic N) is 1. The second-order valence-electron chi connectivity index (χ2n) is 13.9. The number of hydrogen-bond acceptors (Lipinski definition) is 12. The Kier molecular flexibility index (Phi) is 31.3. The van der Waals surface area contributed by atoms with Crippen molar-refractivity contribution in [2.75, 3.05) is 22.2 Å². The van der Waals surface area contributed by atoms with Crippen LogP contribution in [-0.4, -0.2) is 82.9 Å². The van der Waals surface area contributed by atoms with Gasteiger partial charge in [-0.15, -0.1) is 0 Å². The Morgan fingerprint density at radius 3 is 1.36 bits per heavy atom. The van der Waals surface area contributed by atoms with Crippen LogP contribution in [0.1, 0.15) is 32.8 Å². The zero-order chi connectivity index (χ0) is 57.2. The van der Waals surface area contributed by atoms with Crippen LogP contribution in [-0.2, 0) is 55.2 Å². The van der Waals surface area contributed by atoms with Crippen LogP contribution in [0.2, 0.25) is 20.1 Å². The summed E-state index contributed by atoms with van der Waals surface area (Å²) >= 11 is 37.9. The van der Waals surface area contributed by atoms with E-state index in [9.17, 15) is 88.2 Å². The first-order valence-corrected chi connectivity index (χ1v) is 25.2. The average molecular weight is 1350 g/mol. The molecule has 2 unspecified atom stereocenters. The van der Waals surface area contributed by atoms with Gasteiger partial charge in [0.05, 0.1) is 28.8 Å². The van der Waals surface area contributed by atoms with Crippen molar-refractivity contribution >= 4 is 129 Å². The standard InChI is InChI=1S/C17H13Cl2F6NO3S.C15H12Cl2F3NO3S.C4H4Cl3F3O3S.CH2O3.2K.H/c1-15(27,17(23,24)25)10-2-5-12(6-3-10)26(9-16(20,21)22)30(28,29)14-8-11(18)4-7-13(14)19;1-14(22,15(18,19)20)9-2-5-11(6-3-9)21-25(23,24)13-8-10(16)4-7-12(13)17;5-4(6,7)14(11,12)13-2-1-3(8,9)10;2-1-4-3;;;/h2-8,27H,9H2,1H3;2-8,21-22H,1H3;1-2H2;1,3H;;;/q;;;;2*+1;-1/p-1. The minimum atomic E-state index is -5.07. The van der Waals surface area contributed by atoms with Gasteiger partial charge in [-0.25, -0.2) is 16.8 Å². The van der Waals surface area contributed by atoms with E-state index in [4.69, 9.17) is 91.3 Å². The number of rotatable bonds is 13. The third-order valence-corrected chi connectivity index (χ3v) is 15.8. The Labute approximate surface area is 540 Å². The molecule has 4 aromatic carbocycles. The molecule has 0 radical (unpaired) electrons. The van der Waals surface area contributed by atoms with Crippen LogP contribution in [0.25, 0.3) is 0 Å². The van der Waals surface area contributed by atoms with Crippen LogP contribution < -0.4 is 117 Å². The van der Waals surface area contributed by atoms with Gasteiger partial charge in [-0.3, -0.25) is 18.0 Å². The third kappa shape index (κ3) is 24.2. The zero-order valence-electron chi connectivity index (χ0n) is 38.6. The second kappa shape index (κ2) is 30.4. The fraction of sp³-hybridized carbons (Fsp3) is 0.324. The van der Waals surface area contributed by atoms with Crippen molar-refractivity contribution in [1.29, 1.82) is 0 Å². The molecule has 2 atom stereocenters. The number of benzene rings is 4. The molecule has 0 aliphatic carbocycles. The third-order valence-electron chi connectivity index (χ3n) is 8.43. The number of sulfonamides is 2. The van der Waals surface area contributed by atoms with Crippen molar-refractivity contribution < 1.29 is 211 Å². The van der Waals surface area contributed by atoms with E-state index in [2.05, 4.69) is 13.8 Å². The monoisotopic (exact) mass is 1340 g/mol. The van der Waals surface area contributed by atoms with E-state index in [0.717, 1.165) is 54.6 Å². The van der Waals surface area contributed by atoms with Crippen LogP contribution in [0.5, 0.6) is 0 Å². The number of anilines is 2. The molecule has 0 aliphatic heterocycles. The van der Waals surface area contributed by atoms with E-state index in [-0.39, 0.29) is 141 Å². The Bertz CT molecular complexity index is 2840. The van der Waals surface area contributed by atoms with Crippen LogP contribution in [0.3, 0.4) is 0 Å². The molecule has 0 bridgehead atoms. The molecule has 38 heteroatoms. The van der Waals surface area contributed by atoms with Crippen LogP contribution >= 0.6 is 81.2 Å². The van der Waals surface area contributed by atoms with Gasteiger partial charge in [-0.2, -0.15) is 61.1 Å². The molecule has 414 valence electrons. The normalized spacial score (nSPS) is 13.9. The second-order valence-corrected chi connectivity index (χ2v) is 23.8. The summed E-state index contributed by atoms with van der Waals surface area (Å²) in [6, 6.07) is 14.0. The first-order chi connectivity index (χ1) is 32.7. The van der Waals surface area contributed by atoms with Gasteiger partial charge >= 0.3 is 141 Å². The number of halogens is 19. The van der Waals surface area contributed by atoms with Crippen LogP contribution in [0.15, 0.2) is 94.7 Å². The van der Waals surface area contributed by atoms with Crippen molar-refractivity contribution in [3.8, 4) is 0 Å². The molecule has 4 rings (SSSR count). The molecule has 0 spiro atoms. The summed E-state index contributed by atoms with van der Waals surface area (Å²) in [5.41, 5.74) is -8.06. The molecule has 4 aromatic rings. The summed E-state index contributed by atoms with van der Waals surface area (Å²) in [5, 5.41) is 27.3. The van der Waals surface area contributed by atoms with Crippen molar-refractivity contribution in [2.24, 2.45) is 0 Å². The molecule has 0 heterocycles. The maximum atomic E-state index is 13.1. The number of carbonyl (C=O) groups is 1. The van der Waals surface area contributed by atoms with Crippen molar-refractivity contribution in [3.63, 3.8) is 0 Å². The molecule has 0 aliphatic rings. The zero-order valence-corrected chi connectivity index (χ0v) is 51.6. The molecule has 0 aromatic heterocycles. The van der Waals surface area contributed by atoms with Gasteiger partial charge in [0.15, 0.2) is 11.2 Å². The molecule has 0 saturated carbocycles. The Hall–Kier alpha value is 0.103. The minimum Gasteiger partial charge on any atom is -1.00 e. The number of carbonyl (C=O) groups excluding carboxylic acids is 1. The van der Waals surface area contributed by atoms with E-state index < -0.39 is 116 Å². The first kappa shape index (κ1) is 77.2. The molecular weight excluding hydrogens is 1310 g/mol. The van der Waals surface area contributed by atoms with E-state index in [1.807, 2.05) is 0 Å². The molecule has 0 saturated heterocycles. The fourth-order valence-electron chi connectivity index (χ4n) is 4.64. The summed E-state index contributed by atoms with van der Waals surface area (Å²) in [6.45, 7) is -2.21. The first-order valence-electron chi connectivity index (χ1n) is 18.2. The molecular formula is C37H31Cl7F12K2N2O12S3. The predicted molar refractivity (Wildman–Crippen MR) is 243 cm³/mol. The Balaban J connectivity index is -0.00000105. The van der Waals surface area contributed by atoms with Crippen LogP contribution in [0.4, 0.5) is 64.1 Å². The van der Waals surface area contributed by atoms with Crippen LogP contribution in [0, 0.1) is 0 Å². The van der Waals surface area contributed by atoms with E-state index in [0.29, 0.717) is 26.0 Å². The Morgan fingerprint density at radius 2 is 1.01 bits per heavy atom. The topological polar surface area (TPSA) is 217 Å². The maximum Gasteiger partial charge on any atom is 1.00 e. The molecule has 14 nitrogen and oxygen atoms in total. The molecule has 0 fully saturated rings. The number of alkyl halides is 15. The SMILES string of the molecule is CC(O)(c1ccc(N(CC(F)(F)F)S(=O)(=O)c2cc(Cl)ccc2Cl)cc1)C(F)(F)F.CC(O)(c1ccc(NS(=O)(=O)c2cc(Cl)ccc2Cl)cc1)C(F)(F)F.O=CO[O-].O=S(=O)(OCCC(F)(F)F)C(Cl)(Cl)Cl.[H-].[K+].[K+]. The van der Waals surface area contributed by atoms with Gasteiger partial charge in [-0.05, 0) is 85.6 Å². The average Bonchev–Trinajstić information content (AvgIpc) is 3.23. The number of hydrogen-bond donors (Lipinski definition) is 3. The van der Waals surface area contributed by atoms with Crippen molar-refractivity contribution in [3.05, 3.63) is 116 Å². The summed E-state index contributed by atoms with van der Waals surface area (Å²) < 4.78 is 226. The maximum absolute atomic E-state index is 13.1. The van der Waals surface area contributed by atoms with Gasteiger partial charge in [0.2, 0.25) is 0 Å². The van der Waals surface area contributed by atoms with Gasteiger partial charge in [0, 0.05) is 15.7 Å². The van der Waals surface area contributed by atoms with Gasteiger partial charge in [-0.1, -0.05) is 105 Å². The van der Waals surface area contributed by atoms with E-state index >= 15 is 0 Å². The van der Waals surface area contributed by atoms with Gasteiger partial charge in [0.25, 0.3) is 26.5 Å². The number of nitrogens with one attached hydrogen (secondary N) is 1. The van der Waals surface area contributed by atoms with Gasteiger partial charge in [0.1, 0.15) is 16.3 Å². The summed E-state index contributed by atoms with van der Waals surface area (Å²) in [7, 11) is -13.6. The van der Waals surface area contributed by atoms with Crippen molar-refractivity contribution in [1.82, 2.24) is 0 Å².